The van der Waals surface area contributed by atoms with Crippen LogP contribution in [-0.4, -0.2) is 25.5 Å². The quantitative estimate of drug-likeness (QED) is 0.487. The summed E-state index contributed by atoms with van der Waals surface area (Å²) in [6.07, 6.45) is 1.43. The molecule has 0 heterocycles. The fourth-order valence-electron chi connectivity index (χ4n) is 1.99. The molecule has 0 saturated carbocycles. The van der Waals surface area contributed by atoms with E-state index in [-0.39, 0.29) is 23.1 Å². The van der Waals surface area contributed by atoms with Gasteiger partial charge in [-0.05, 0) is 28.7 Å². The van der Waals surface area contributed by atoms with Crippen molar-refractivity contribution in [3.05, 3.63) is 42.0 Å². The van der Waals surface area contributed by atoms with Gasteiger partial charge in [-0.3, -0.25) is 4.55 Å². The van der Waals surface area contributed by atoms with Gasteiger partial charge < -0.3 is 10.9 Å². The van der Waals surface area contributed by atoms with Crippen LogP contribution in [-0.2, 0) is 31.5 Å². The zero-order chi connectivity index (χ0) is 16.3. The molecule has 0 aromatic heterocycles. The summed E-state index contributed by atoms with van der Waals surface area (Å²) in [4.78, 5) is 10.9. The smallest absolute Gasteiger partial charge is 0.330 e. The second kappa shape index (κ2) is 7.53. The molecule has 0 aliphatic carbocycles. The zero-order valence-electron chi connectivity index (χ0n) is 13.1. The fourth-order valence-corrected chi connectivity index (χ4v) is 2.52. The van der Waals surface area contributed by atoms with Crippen LogP contribution in [0.2, 0.25) is 0 Å². The van der Waals surface area contributed by atoms with Crippen LogP contribution in [0.1, 0.15) is 31.9 Å². The van der Waals surface area contributed by atoms with Crippen LogP contribution in [0.25, 0.3) is 0 Å². The van der Waals surface area contributed by atoms with E-state index in [9.17, 15) is 13.2 Å². The molecule has 6 nitrogen and oxygen atoms in total. The largest absolute Gasteiger partial charge is 0.462 e. The first kappa shape index (κ1) is 20.3. The molecule has 1 rings (SSSR count). The zero-order valence-corrected chi connectivity index (χ0v) is 13.9. The predicted molar refractivity (Wildman–Crippen MR) is 84.8 cm³/mol. The van der Waals surface area contributed by atoms with Gasteiger partial charge in [0.15, 0.2) is 0 Å². The Morgan fingerprint density at radius 3 is 2.41 bits per heavy atom. The lowest BCUT2D eigenvalue weighted by molar-refractivity contribution is -0.137. The second-order valence-corrected chi connectivity index (χ2v) is 7.09. The standard InChI is InChI=1S/C15H20O5S.H3N/c1-5-14(16)20-9-8-11-10-12(21(17,18)19)6-7-13(11)15(2,3)4;/h5-7,10H,1,8-9H2,2-4H3,(H,17,18,19);1H3. The van der Waals surface area contributed by atoms with E-state index in [0.29, 0.717) is 6.42 Å². The third-order valence-electron chi connectivity index (χ3n) is 2.96. The van der Waals surface area contributed by atoms with Crippen molar-refractivity contribution in [2.45, 2.75) is 37.5 Å². The van der Waals surface area contributed by atoms with Gasteiger partial charge in [0.2, 0.25) is 0 Å². The van der Waals surface area contributed by atoms with Crippen molar-refractivity contribution >= 4 is 16.1 Å². The molecule has 7 heteroatoms. The Morgan fingerprint density at radius 2 is 1.95 bits per heavy atom. The molecule has 124 valence electrons. The van der Waals surface area contributed by atoms with Gasteiger partial charge in [0, 0.05) is 12.5 Å². The number of rotatable bonds is 5. The highest BCUT2D eigenvalue weighted by Gasteiger charge is 2.20. The average Bonchev–Trinajstić information content (AvgIpc) is 2.36. The maximum atomic E-state index is 11.2. The summed E-state index contributed by atoms with van der Waals surface area (Å²) in [5.41, 5.74) is 1.45. The van der Waals surface area contributed by atoms with E-state index in [2.05, 4.69) is 6.58 Å². The van der Waals surface area contributed by atoms with E-state index in [4.69, 9.17) is 9.29 Å². The Kier molecular flexibility index (Phi) is 6.95. The minimum absolute atomic E-state index is 0. The fraction of sp³-hybridized carbons (Fsp3) is 0.400. The van der Waals surface area contributed by atoms with Crippen molar-refractivity contribution in [1.82, 2.24) is 6.15 Å². The predicted octanol–water partition coefficient (Wildman–Crippen LogP) is 2.66. The molecular formula is C15H23NO5S. The van der Waals surface area contributed by atoms with E-state index in [1.165, 1.54) is 12.1 Å². The molecule has 0 fully saturated rings. The van der Waals surface area contributed by atoms with Crippen LogP contribution in [0.15, 0.2) is 35.7 Å². The highest BCUT2D eigenvalue weighted by Crippen LogP contribution is 2.28. The molecule has 0 radical (unpaired) electrons. The van der Waals surface area contributed by atoms with Gasteiger partial charge >= 0.3 is 5.97 Å². The second-order valence-electron chi connectivity index (χ2n) is 5.67. The number of ether oxygens (including phenoxy) is 1. The molecule has 1 aromatic rings. The highest BCUT2D eigenvalue weighted by molar-refractivity contribution is 7.85. The molecule has 1 aromatic carbocycles. The Hall–Kier alpha value is -1.70. The number of benzene rings is 1. The van der Waals surface area contributed by atoms with Crippen molar-refractivity contribution in [1.29, 1.82) is 0 Å². The molecule has 0 amide bonds. The highest BCUT2D eigenvalue weighted by atomic mass is 32.2. The van der Waals surface area contributed by atoms with E-state index < -0.39 is 16.1 Å². The van der Waals surface area contributed by atoms with E-state index >= 15 is 0 Å². The number of carbonyl (C=O) groups is 1. The van der Waals surface area contributed by atoms with Crippen LogP contribution in [0, 0.1) is 0 Å². The van der Waals surface area contributed by atoms with Crippen LogP contribution in [0.3, 0.4) is 0 Å². The van der Waals surface area contributed by atoms with Gasteiger partial charge in [0.05, 0.1) is 11.5 Å². The topological polar surface area (TPSA) is 116 Å². The van der Waals surface area contributed by atoms with Gasteiger partial charge in [-0.1, -0.05) is 33.4 Å². The molecular weight excluding hydrogens is 306 g/mol. The van der Waals surface area contributed by atoms with Crippen molar-refractivity contribution < 1.29 is 22.5 Å². The summed E-state index contributed by atoms with van der Waals surface area (Å²) < 4.78 is 36.5. The molecule has 0 spiro atoms. The lowest BCUT2D eigenvalue weighted by atomic mass is 9.83. The molecule has 0 aliphatic rings. The Labute approximate surface area is 131 Å². The number of hydrogen-bond donors (Lipinski definition) is 2. The SMILES string of the molecule is C=CC(=O)OCCc1cc(S(=O)(=O)O)ccc1C(C)(C)C.N. The summed E-state index contributed by atoms with van der Waals surface area (Å²) in [6.45, 7) is 9.40. The summed E-state index contributed by atoms with van der Waals surface area (Å²) in [6, 6.07) is 4.46. The van der Waals surface area contributed by atoms with Gasteiger partial charge in [-0.2, -0.15) is 8.42 Å². The van der Waals surface area contributed by atoms with Crippen LogP contribution >= 0.6 is 0 Å². The summed E-state index contributed by atoms with van der Waals surface area (Å²) >= 11 is 0. The van der Waals surface area contributed by atoms with Crippen LogP contribution < -0.4 is 6.15 Å². The third kappa shape index (κ3) is 5.59. The van der Waals surface area contributed by atoms with Crippen molar-refractivity contribution in [3.8, 4) is 0 Å². The normalized spacial score (nSPS) is 11.5. The minimum Gasteiger partial charge on any atom is -0.462 e. The first-order valence-corrected chi connectivity index (χ1v) is 7.90. The van der Waals surface area contributed by atoms with Crippen molar-refractivity contribution in [2.24, 2.45) is 0 Å². The van der Waals surface area contributed by atoms with Gasteiger partial charge in [0.25, 0.3) is 10.1 Å². The Morgan fingerprint density at radius 1 is 1.36 bits per heavy atom. The van der Waals surface area contributed by atoms with Gasteiger partial charge in [-0.15, -0.1) is 0 Å². The van der Waals surface area contributed by atoms with Gasteiger partial charge in [-0.25, -0.2) is 4.79 Å². The number of carbonyl (C=O) groups excluding carboxylic acids is 1. The average molecular weight is 329 g/mol. The lowest BCUT2D eigenvalue weighted by Crippen LogP contribution is -2.16. The summed E-state index contributed by atoms with van der Waals surface area (Å²) in [5, 5.41) is 0. The molecule has 22 heavy (non-hydrogen) atoms. The molecule has 0 aliphatic heterocycles. The Balaban J connectivity index is 0.00000441. The maximum Gasteiger partial charge on any atom is 0.330 e. The minimum atomic E-state index is -4.26. The molecule has 4 N–H and O–H groups in total. The van der Waals surface area contributed by atoms with E-state index in [1.54, 1.807) is 6.07 Å². The summed E-state index contributed by atoms with van der Waals surface area (Å²) in [5.74, 6) is -0.529. The van der Waals surface area contributed by atoms with Crippen molar-refractivity contribution in [2.75, 3.05) is 6.61 Å². The lowest BCUT2D eigenvalue weighted by Gasteiger charge is -2.23. The van der Waals surface area contributed by atoms with E-state index in [1.807, 2.05) is 20.8 Å². The summed E-state index contributed by atoms with van der Waals surface area (Å²) in [7, 11) is -4.26. The molecule has 0 atom stereocenters. The van der Waals surface area contributed by atoms with E-state index in [0.717, 1.165) is 17.2 Å². The molecule has 0 saturated heterocycles. The first-order chi connectivity index (χ1) is 9.55. The third-order valence-corrected chi connectivity index (χ3v) is 3.81. The Bertz CT molecular complexity index is 644. The van der Waals surface area contributed by atoms with Crippen LogP contribution in [0.5, 0.6) is 0 Å². The van der Waals surface area contributed by atoms with Gasteiger partial charge in [0.1, 0.15) is 0 Å². The molecule has 0 unspecified atom stereocenters. The maximum absolute atomic E-state index is 11.2. The molecule has 0 bridgehead atoms. The number of esters is 1. The monoisotopic (exact) mass is 329 g/mol. The van der Waals surface area contributed by atoms with Crippen molar-refractivity contribution in [3.63, 3.8) is 0 Å². The number of hydrogen-bond acceptors (Lipinski definition) is 5. The first-order valence-electron chi connectivity index (χ1n) is 6.46. The van der Waals surface area contributed by atoms with Crippen LogP contribution in [0.4, 0.5) is 0 Å².